The highest BCUT2D eigenvalue weighted by Crippen LogP contribution is 2.37. The summed E-state index contributed by atoms with van der Waals surface area (Å²) in [4.78, 5) is 53.5. The van der Waals surface area contributed by atoms with E-state index in [9.17, 15) is 19.2 Å². The van der Waals surface area contributed by atoms with Crippen LogP contribution >= 0.6 is 0 Å². The monoisotopic (exact) mass is 432 g/mol. The van der Waals surface area contributed by atoms with Gasteiger partial charge in [0.1, 0.15) is 6.04 Å². The highest BCUT2D eigenvalue weighted by molar-refractivity contribution is 6.24. The quantitative estimate of drug-likeness (QED) is 0.709. The second-order valence-corrected chi connectivity index (χ2v) is 8.49. The van der Waals surface area contributed by atoms with E-state index < -0.39 is 23.8 Å². The van der Waals surface area contributed by atoms with Crippen molar-refractivity contribution in [1.82, 2.24) is 10.2 Å². The molecule has 2 unspecified atom stereocenters. The molecule has 2 aromatic rings. The van der Waals surface area contributed by atoms with Crippen molar-refractivity contribution in [2.24, 2.45) is 5.73 Å². The zero-order valence-corrected chi connectivity index (χ0v) is 17.5. The predicted octanol–water partition coefficient (Wildman–Crippen LogP) is 1.54. The van der Waals surface area contributed by atoms with Crippen LogP contribution in [0.2, 0.25) is 0 Å². The molecular weight excluding hydrogens is 408 g/mol. The van der Waals surface area contributed by atoms with Gasteiger partial charge in [0.05, 0.1) is 11.1 Å². The fourth-order valence-electron chi connectivity index (χ4n) is 5.04. The number of anilines is 1. The molecule has 3 aliphatic rings. The molecule has 164 valence electrons. The molecule has 2 atom stereocenters. The average molecular weight is 432 g/mol. The molecule has 0 spiro atoms. The Hall–Kier alpha value is -3.52. The maximum atomic E-state index is 13.3. The fourth-order valence-corrected chi connectivity index (χ4v) is 5.04. The summed E-state index contributed by atoms with van der Waals surface area (Å²) in [5, 5.41) is 2.23. The minimum absolute atomic E-state index is 0.101. The number of nitrogens with two attached hydrogens (primary N) is 1. The van der Waals surface area contributed by atoms with Crippen LogP contribution in [0.4, 0.5) is 5.69 Å². The average Bonchev–Trinajstić information content (AvgIpc) is 3.05. The summed E-state index contributed by atoms with van der Waals surface area (Å²) >= 11 is 0. The molecule has 8 heteroatoms. The Morgan fingerprint density at radius 3 is 2.56 bits per heavy atom. The number of rotatable bonds is 4. The molecule has 3 aliphatic heterocycles. The van der Waals surface area contributed by atoms with E-state index in [4.69, 9.17) is 5.73 Å². The van der Waals surface area contributed by atoms with Crippen molar-refractivity contribution in [2.45, 2.75) is 37.8 Å². The second-order valence-electron chi connectivity index (χ2n) is 8.49. The number of nitrogens with one attached hydrogen (secondary N) is 1. The summed E-state index contributed by atoms with van der Waals surface area (Å²) in [5.41, 5.74) is 9.66. The van der Waals surface area contributed by atoms with Crippen molar-refractivity contribution >= 4 is 29.3 Å². The zero-order chi connectivity index (χ0) is 22.4. The summed E-state index contributed by atoms with van der Waals surface area (Å²) in [6, 6.07) is 12.4. The van der Waals surface area contributed by atoms with Crippen molar-refractivity contribution in [3.8, 4) is 0 Å². The Kier molecular flexibility index (Phi) is 5.01. The highest BCUT2D eigenvalue weighted by atomic mass is 16.2. The van der Waals surface area contributed by atoms with Crippen molar-refractivity contribution in [3.05, 3.63) is 64.7 Å². The van der Waals surface area contributed by atoms with Gasteiger partial charge < -0.3 is 10.6 Å². The number of carbonyl (C=O) groups is 4. The molecule has 0 aromatic heterocycles. The molecule has 0 aliphatic carbocycles. The first-order valence-electron chi connectivity index (χ1n) is 10.9. The van der Waals surface area contributed by atoms with Gasteiger partial charge in [-0.05, 0) is 48.6 Å². The molecule has 2 aromatic carbocycles. The van der Waals surface area contributed by atoms with Gasteiger partial charge in [0.15, 0.2) is 0 Å². The van der Waals surface area contributed by atoms with E-state index in [1.54, 1.807) is 12.1 Å². The third kappa shape index (κ3) is 3.18. The normalized spacial score (nSPS) is 22.7. The number of benzene rings is 2. The summed E-state index contributed by atoms with van der Waals surface area (Å²) < 4.78 is 0. The standard InChI is InChI=1S/C24H24N4O4/c25-12-14-10-11-27(18-7-2-1-5-16(14)18)13-15-4-3-6-17-21(15)24(32)28(23(17)31)19-8-9-20(29)26-22(19)30/h1-7,14,19H,8-13,25H2,(H,26,29,30). The minimum atomic E-state index is -0.964. The van der Waals surface area contributed by atoms with Crippen LogP contribution in [0.25, 0.3) is 0 Å². The predicted molar refractivity (Wildman–Crippen MR) is 117 cm³/mol. The van der Waals surface area contributed by atoms with Gasteiger partial charge in [-0.15, -0.1) is 0 Å². The van der Waals surface area contributed by atoms with Crippen LogP contribution in [0.1, 0.15) is 57.0 Å². The lowest BCUT2D eigenvalue weighted by molar-refractivity contribution is -0.136. The summed E-state index contributed by atoms with van der Waals surface area (Å²) in [7, 11) is 0. The van der Waals surface area contributed by atoms with Gasteiger partial charge in [-0.2, -0.15) is 0 Å². The largest absolute Gasteiger partial charge is 0.367 e. The number of piperidine rings is 1. The third-order valence-electron chi connectivity index (χ3n) is 6.66. The van der Waals surface area contributed by atoms with Gasteiger partial charge in [0, 0.05) is 25.2 Å². The second kappa shape index (κ2) is 7.87. The van der Waals surface area contributed by atoms with Gasteiger partial charge in [0.25, 0.3) is 11.8 Å². The molecule has 0 radical (unpaired) electrons. The van der Waals surface area contributed by atoms with Crippen molar-refractivity contribution < 1.29 is 19.2 Å². The minimum Gasteiger partial charge on any atom is -0.367 e. The fraction of sp³-hybridized carbons (Fsp3) is 0.333. The van der Waals surface area contributed by atoms with Crippen molar-refractivity contribution in [2.75, 3.05) is 18.0 Å². The summed E-state index contributed by atoms with van der Waals surface area (Å²) in [5.74, 6) is -1.64. The SMILES string of the molecule is NCC1CCN(Cc2cccc3c2C(=O)N(C2CCC(=O)NC2=O)C3=O)c2ccccc21. The number of fused-ring (bicyclic) bond motifs is 2. The van der Waals surface area contributed by atoms with Crippen LogP contribution < -0.4 is 16.0 Å². The molecule has 3 heterocycles. The molecule has 3 N–H and O–H groups in total. The number of hydrogen-bond donors (Lipinski definition) is 2. The number of hydrogen-bond acceptors (Lipinski definition) is 6. The van der Waals surface area contributed by atoms with Crippen LogP contribution in [0, 0.1) is 0 Å². The van der Waals surface area contributed by atoms with E-state index in [0.717, 1.165) is 29.1 Å². The van der Waals surface area contributed by atoms with E-state index in [2.05, 4.69) is 22.3 Å². The molecular formula is C24H24N4O4. The molecule has 8 nitrogen and oxygen atoms in total. The van der Waals surface area contributed by atoms with E-state index in [-0.39, 0.29) is 18.7 Å². The van der Waals surface area contributed by atoms with Gasteiger partial charge >= 0.3 is 0 Å². The maximum absolute atomic E-state index is 13.3. The molecule has 1 saturated heterocycles. The molecule has 1 fully saturated rings. The molecule has 0 bridgehead atoms. The van der Waals surface area contributed by atoms with Crippen LogP contribution in [-0.4, -0.2) is 47.7 Å². The van der Waals surface area contributed by atoms with Gasteiger partial charge in [-0.3, -0.25) is 29.4 Å². The Balaban J connectivity index is 1.47. The zero-order valence-electron chi connectivity index (χ0n) is 17.5. The lowest BCUT2D eigenvalue weighted by atomic mass is 9.89. The van der Waals surface area contributed by atoms with Crippen molar-refractivity contribution in [3.63, 3.8) is 0 Å². The first-order valence-corrected chi connectivity index (χ1v) is 10.9. The van der Waals surface area contributed by atoms with Crippen molar-refractivity contribution in [1.29, 1.82) is 0 Å². The highest BCUT2D eigenvalue weighted by Gasteiger charge is 2.45. The number of carbonyl (C=O) groups excluding carboxylic acids is 4. The van der Waals surface area contributed by atoms with Gasteiger partial charge in [-0.1, -0.05) is 30.3 Å². The lowest BCUT2D eigenvalue weighted by Gasteiger charge is -2.35. The number of nitrogens with zero attached hydrogens (tertiary/aromatic N) is 2. The van der Waals surface area contributed by atoms with E-state index in [1.807, 2.05) is 18.2 Å². The van der Waals surface area contributed by atoms with E-state index >= 15 is 0 Å². The Morgan fingerprint density at radius 2 is 1.78 bits per heavy atom. The number of amides is 4. The smallest absolute Gasteiger partial charge is 0.262 e. The lowest BCUT2D eigenvalue weighted by Crippen LogP contribution is -2.54. The molecule has 32 heavy (non-hydrogen) atoms. The third-order valence-corrected chi connectivity index (χ3v) is 6.66. The Bertz CT molecular complexity index is 1140. The first-order chi connectivity index (χ1) is 15.5. The molecule has 5 rings (SSSR count). The summed E-state index contributed by atoms with van der Waals surface area (Å²) in [6.07, 6.45) is 1.16. The van der Waals surface area contributed by atoms with Crippen LogP contribution in [0.3, 0.4) is 0 Å². The van der Waals surface area contributed by atoms with Crippen LogP contribution in [0.5, 0.6) is 0 Å². The number of para-hydroxylation sites is 1. The van der Waals surface area contributed by atoms with Crippen LogP contribution in [0.15, 0.2) is 42.5 Å². The van der Waals surface area contributed by atoms with Gasteiger partial charge in [0.2, 0.25) is 11.8 Å². The Morgan fingerprint density at radius 1 is 0.969 bits per heavy atom. The van der Waals surface area contributed by atoms with E-state index in [0.29, 0.717) is 30.1 Å². The summed E-state index contributed by atoms with van der Waals surface area (Å²) in [6.45, 7) is 1.85. The topological polar surface area (TPSA) is 113 Å². The van der Waals surface area contributed by atoms with E-state index in [1.165, 1.54) is 5.56 Å². The molecule has 0 saturated carbocycles. The maximum Gasteiger partial charge on any atom is 0.262 e. The Labute approximate surface area is 185 Å². The first kappa shape index (κ1) is 20.4. The van der Waals surface area contributed by atoms with Gasteiger partial charge in [-0.25, -0.2) is 0 Å². The van der Waals surface area contributed by atoms with Crippen LogP contribution in [-0.2, 0) is 16.1 Å². The number of imide groups is 2. The molecule has 4 amide bonds.